The van der Waals surface area contributed by atoms with Crippen LogP contribution in [0.2, 0.25) is 10.0 Å². The molecule has 2 heterocycles. The fourth-order valence-corrected chi connectivity index (χ4v) is 5.66. The molecule has 0 radical (unpaired) electrons. The van der Waals surface area contributed by atoms with Crippen LogP contribution in [0, 0.1) is 24.2 Å². The van der Waals surface area contributed by atoms with Crippen molar-refractivity contribution in [2.75, 3.05) is 25.1 Å². The lowest BCUT2D eigenvalue weighted by Gasteiger charge is -2.53. The molecule has 0 unspecified atom stereocenters. The second-order valence-electron chi connectivity index (χ2n) is 9.50. The molecule has 5 rings (SSSR count). The van der Waals surface area contributed by atoms with E-state index in [0.29, 0.717) is 28.4 Å². The molecule has 1 aliphatic carbocycles. The Kier molecular flexibility index (Phi) is 5.33. The van der Waals surface area contributed by atoms with Gasteiger partial charge in [-0.1, -0.05) is 34.5 Å². The molecule has 8 heteroatoms. The first-order valence-corrected chi connectivity index (χ1v) is 11.6. The van der Waals surface area contributed by atoms with E-state index in [1.165, 1.54) is 12.8 Å². The number of ether oxygens (including phenoxy) is 1. The monoisotopic (exact) mass is 472 g/mol. The highest BCUT2D eigenvalue weighted by molar-refractivity contribution is 6.35. The van der Waals surface area contributed by atoms with E-state index in [9.17, 15) is 4.79 Å². The number of methoxy groups -OCH3 is 1. The number of aryl methyl sites for hydroxylation is 1. The number of nitrogens with zero attached hydrogens (tertiary/aromatic N) is 4. The lowest BCUT2D eigenvalue weighted by atomic mass is 9.58. The Morgan fingerprint density at radius 3 is 2.62 bits per heavy atom. The second kappa shape index (κ2) is 7.92. The summed E-state index contributed by atoms with van der Waals surface area (Å²) in [6, 6.07) is 9.87. The van der Waals surface area contributed by atoms with Crippen molar-refractivity contribution in [3.05, 3.63) is 51.5 Å². The number of hydrogen-bond donors (Lipinski definition) is 0. The number of anilines is 1. The summed E-state index contributed by atoms with van der Waals surface area (Å²) in [5.74, 6) is 1.15. The van der Waals surface area contributed by atoms with Crippen LogP contribution in [-0.2, 0) is 16.1 Å². The fraction of sp³-hybridized carbons (Fsp3) is 0.458. The van der Waals surface area contributed by atoms with Crippen molar-refractivity contribution in [3.8, 4) is 0 Å². The number of carbonyl (C=O) groups excluding carboxylic acids is 1. The molecule has 168 valence electrons. The Balaban J connectivity index is 1.31. The van der Waals surface area contributed by atoms with Crippen molar-refractivity contribution in [1.29, 1.82) is 0 Å². The number of hydrogen-bond acceptors (Lipinski definition) is 5. The molecule has 3 aromatic rings. The molecule has 32 heavy (non-hydrogen) atoms. The predicted octanol–water partition coefficient (Wildman–Crippen LogP) is 5.12. The van der Waals surface area contributed by atoms with Gasteiger partial charge in [-0.15, -0.1) is 5.10 Å². The minimum atomic E-state index is -0.295. The standard InChI is InChI=1S/C24H26Cl2N4O2/c1-14-6-19(29-11-17(12-29)16-9-24(2,10-16)23(31)32-3)8-21-22(14)27-28-30(21)13-15-4-5-18(25)7-20(15)26/h4-8,16-17H,9-13H2,1-3H3. The van der Waals surface area contributed by atoms with Crippen molar-refractivity contribution in [3.63, 3.8) is 0 Å². The number of halogens is 2. The van der Waals surface area contributed by atoms with E-state index in [1.54, 1.807) is 6.07 Å². The molecule has 2 fully saturated rings. The molecule has 2 aromatic carbocycles. The van der Waals surface area contributed by atoms with Crippen molar-refractivity contribution < 1.29 is 9.53 Å². The maximum absolute atomic E-state index is 12.0. The first-order valence-electron chi connectivity index (χ1n) is 10.9. The fourth-order valence-electron chi connectivity index (χ4n) is 5.19. The minimum absolute atomic E-state index is 0.0763. The van der Waals surface area contributed by atoms with Gasteiger partial charge < -0.3 is 9.64 Å². The largest absolute Gasteiger partial charge is 0.469 e. The second-order valence-corrected chi connectivity index (χ2v) is 10.3. The molecular formula is C24H26Cl2N4O2. The smallest absolute Gasteiger partial charge is 0.311 e. The lowest BCUT2D eigenvalue weighted by Crippen LogP contribution is -2.56. The van der Waals surface area contributed by atoms with Crippen molar-refractivity contribution in [1.82, 2.24) is 15.0 Å². The zero-order chi connectivity index (χ0) is 22.6. The van der Waals surface area contributed by atoms with Crippen molar-refractivity contribution in [2.45, 2.75) is 33.2 Å². The number of fused-ring (bicyclic) bond motifs is 1. The Labute approximate surface area is 197 Å². The molecule has 1 saturated heterocycles. The van der Waals surface area contributed by atoms with Gasteiger partial charge in [-0.05, 0) is 73.9 Å². The molecule has 0 bridgehead atoms. The molecule has 1 aliphatic heterocycles. The highest BCUT2D eigenvalue weighted by Gasteiger charge is 2.51. The van der Waals surface area contributed by atoms with Crippen LogP contribution in [0.25, 0.3) is 11.0 Å². The van der Waals surface area contributed by atoms with Crippen LogP contribution < -0.4 is 4.90 Å². The quantitative estimate of drug-likeness (QED) is 0.482. The van der Waals surface area contributed by atoms with Gasteiger partial charge in [0.15, 0.2) is 0 Å². The van der Waals surface area contributed by atoms with Gasteiger partial charge in [0.1, 0.15) is 5.52 Å². The molecule has 2 aliphatic rings. The summed E-state index contributed by atoms with van der Waals surface area (Å²) in [4.78, 5) is 14.4. The summed E-state index contributed by atoms with van der Waals surface area (Å²) < 4.78 is 6.86. The Morgan fingerprint density at radius 1 is 1.19 bits per heavy atom. The third-order valence-corrected chi connectivity index (χ3v) is 7.76. The molecule has 0 N–H and O–H groups in total. The van der Waals surface area contributed by atoms with Crippen LogP contribution in [0.4, 0.5) is 5.69 Å². The topological polar surface area (TPSA) is 60.2 Å². The average Bonchev–Trinajstić information content (AvgIpc) is 3.10. The van der Waals surface area contributed by atoms with Crippen LogP contribution in [0.5, 0.6) is 0 Å². The number of benzene rings is 2. The van der Waals surface area contributed by atoms with E-state index in [1.807, 2.05) is 23.7 Å². The predicted molar refractivity (Wildman–Crippen MR) is 126 cm³/mol. The summed E-state index contributed by atoms with van der Waals surface area (Å²) in [6.07, 6.45) is 1.85. The van der Waals surface area contributed by atoms with E-state index in [-0.39, 0.29) is 11.4 Å². The molecule has 0 atom stereocenters. The molecule has 0 spiro atoms. The van der Waals surface area contributed by atoms with E-state index in [0.717, 1.165) is 48.1 Å². The van der Waals surface area contributed by atoms with Gasteiger partial charge in [-0.3, -0.25) is 4.79 Å². The Hall–Kier alpha value is -2.31. The van der Waals surface area contributed by atoms with E-state index in [4.69, 9.17) is 27.9 Å². The van der Waals surface area contributed by atoms with Gasteiger partial charge in [0.2, 0.25) is 0 Å². The van der Waals surface area contributed by atoms with Gasteiger partial charge >= 0.3 is 5.97 Å². The van der Waals surface area contributed by atoms with E-state index >= 15 is 0 Å². The van der Waals surface area contributed by atoms with Gasteiger partial charge in [-0.25, -0.2) is 4.68 Å². The maximum Gasteiger partial charge on any atom is 0.311 e. The lowest BCUT2D eigenvalue weighted by molar-refractivity contribution is -0.162. The van der Waals surface area contributed by atoms with Crippen LogP contribution in [0.3, 0.4) is 0 Å². The van der Waals surface area contributed by atoms with Crippen LogP contribution >= 0.6 is 23.2 Å². The van der Waals surface area contributed by atoms with Gasteiger partial charge in [-0.2, -0.15) is 0 Å². The zero-order valence-electron chi connectivity index (χ0n) is 18.4. The Bertz CT molecular complexity index is 1200. The van der Waals surface area contributed by atoms with Crippen molar-refractivity contribution >= 4 is 45.9 Å². The third-order valence-electron chi connectivity index (χ3n) is 7.18. The highest BCUT2D eigenvalue weighted by Crippen LogP contribution is 2.51. The van der Waals surface area contributed by atoms with Crippen molar-refractivity contribution in [2.24, 2.45) is 17.3 Å². The summed E-state index contributed by atoms with van der Waals surface area (Å²) >= 11 is 12.4. The number of carbonyl (C=O) groups is 1. The molecule has 6 nitrogen and oxygen atoms in total. The van der Waals surface area contributed by atoms with E-state index < -0.39 is 0 Å². The average molecular weight is 473 g/mol. The maximum atomic E-state index is 12.0. The Morgan fingerprint density at radius 2 is 1.94 bits per heavy atom. The van der Waals surface area contributed by atoms with Gasteiger partial charge in [0.05, 0.1) is 24.6 Å². The summed E-state index contributed by atoms with van der Waals surface area (Å²) in [6.45, 7) is 6.65. The summed E-state index contributed by atoms with van der Waals surface area (Å²) in [5.41, 5.74) is 4.85. The SMILES string of the molecule is COC(=O)C1(C)CC(C2CN(c3cc(C)c4nnn(Cc5ccc(Cl)cc5Cl)c4c3)C2)C1. The summed E-state index contributed by atoms with van der Waals surface area (Å²) in [5, 5.41) is 10.0. The highest BCUT2D eigenvalue weighted by atomic mass is 35.5. The molecule has 1 saturated carbocycles. The normalized spacial score (nSPS) is 23.2. The molecule has 0 amide bonds. The van der Waals surface area contributed by atoms with Gasteiger partial charge in [0, 0.05) is 28.8 Å². The summed E-state index contributed by atoms with van der Waals surface area (Å²) in [7, 11) is 1.48. The zero-order valence-corrected chi connectivity index (χ0v) is 20.0. The van der Waals surface area contributed by atoms with Crippen LogP contribution in [0.15, 0.2) is 30.3 Å². The first kappa shape index (κ1) is 21.5. The first-order chi connectivity index (χ1) is 15.3. The third kappa shape index (κ3) is 3.63. The number of aromatic nitrogens is 3. The number of esters is 1. The minimum Gasteiger partial charge on any atom is -0.469 e. The van der Waals surface area contributed by atoms with Crippen LogP contribution in [-0.4, -0.2) is 41.2 Å². The van der Waals surface area contributed by atoms with Crippen LogP contribution in [0.1, 0.15) is 30.9 Å². The van der Waals surface area contributed by atoms with E-state index in [2.05, 4.69) is 34.3 Å². The molecular weight excluding hydrogens is 447 g/mol. The molecule has 1 aromatic heterocycles. The number of rotatable bonds is 5. The van der Waals surface area contributed by atoms with Gasteiger partial charge in [0.25, 0.3) is 0 Å².